The molecule has 4 aromatic rings. The summed E-state index contributed by atoms with van der Waals surface area (Å²) in [6.07, 6.45) is 1.45. The van der Waals surface area contributed by atoms with E-state index in [2.05, 4.69) is 29.1 Å². The first-order chi connectivity index (χ1) is 13.6. The number of fused-ring (bicyclic) bond motifs is 2. The largest absolute Gasteiger partial charge is 0.495 e. The third kappa shape index (κ3) is 3.64. The molecule has 6 nitrogen and oxygen atoms in total. The van der Waals surface area contributed by atoms with E-state index in [1.54, 1.807) is 23.0 Å². The highest BCUT2D eigenvalue weighted by Crippen LogP contribution is 2.44. The van der Waals surface area contributed by atoms with E-state index in [1.165, 1.54) is 6.33 Å². The highest BCUT2D eigenvalue weighted by Gasteiger charge is 2.24. The summed E-state index contributed by atoms with van der Waals surface area (Å²) in [7, 11) is 1.69. The fraction of sp³-hybridized carbons (Fsp3) is 0.300. The van der Waals surface area contributed by atoms with Crippen molar-refractivity contribution >= 4 is 56.8 Å². The second kappa shape index (κ2) is 8.75. The maximum atomic E-state index is 6.30. The van der Waals surface area contributed by atoms with Crippen molar-refractivity contribution in [3.8, 4) is 16.2 Å². The van der Waals surface area contributed by atoms with E-state index in [9.17, 15) is 0 Å². The number of hydrogen-bond acceptors (Lipinski definition) is 6. The van der Waals surface area contributed by atoms with Crippen molar-refractivity contribution in [2.45, 2.75) is 26.3 Å². The Morgan fingerprint density at radius 1 is 1.28 bits per heavy atom. The summed E-state index contributed by atoms with van der Waals surface area (Å²) in [5.41, 5.74) is 11.0. The minimum absolute atomic E-state index is 0. The maximum absolute atomic E-state index is 6.30. The Labute approximate surface area is 184 Å². The molecule has 0 spiro atoms. The third-order valence-corrected chi connectivity index (χ3v) is 6.17. The average Bonchev–Trinajstić information content (AvgIpc) is 3.24. The zero-order chi connectivity index (χ0) is 19.8. The number of alkyl halides is 1. The van der Waals surface area contributed by atoms with Gasteiger partial charge in [0.15, 0.2) is 5.82 Å². The Balaban J connectivity index is 0.00000240. The minimum Gasteiger partial charge on any atom is -0.495 e. The van der Waals surface area contributed by atoms with Crippen LogP contribution in [-0.4, -0.2) is 28.3 Å². The second-order valence-corrected chi connectivity index (χ2v) is 7.79. The number of nitrogen functional groups attached to an aromatic ring is 1. The van der Waals surface area contributed by atoms with Gasteiger partial charge in [-0.15, -0.1) is 35.3 Å². The van der Waals surface area contributed by atoms with Crippen LogP contribution in [0.4, 0.5) is 5.82 Å². The van der Waals surface area contributed by atoms with Gasteiger partial charge < -0.3 is 15.2 Å². The number of thiophene rings is 1. The van der Waals surface area contributed by atoms with Crippen LogP contribution in [0.5, 0.6) is 5.75 Å². The van der Waals surface area contributed by atoms with Crippen LogP contribution in [0.2, 0.25) is 0 Å². The number of halogens is 2. The summed E-state index contributed by atoms with van der Waals surface area (Å²) in [5.74, 6) is 1.58. The lowest BCUT2D eigenvalue weighted by Gasteiger charge is -2.05. The van der Waals surface area contributed by atoms with Crippen LogP contribution in [0.15, 0.2) is 24.5 Å². The van der Waals surface area contributed by atoms with Gasteiger partial charge in [-0.25, -0.2) is 9.50 Å². The zero-order valence-electron chi connectivity index (χ0n) is 16.4. The molecule has 0 aliphatic heterocycles. The van der Waals surface area contributed by atoms with Gasteiger partial charge in [0.2, 0.25) is 0 Å². The summed E-state index contributed by atoms with van der Waals surface area (Å²) in [6, 6.07) is 6.36. The molecule has 0 aliphatic carbocycles. The van der Waals surface area contributed by atoms with Crippen LogP contribution >= 0.6 is 35.3 Å². The van der Waals surface area contributed by atoms with E-state index < -0.39 is 0 Å². The van der Waals surface area contributed by atoms with E-state index >= 15 is 0 Å². The molecule has 2 N–H and O–H groups in total. The predicted molar refractivity (Wildman–Crippen MR) is 122 cm³/mol. The van der Waals surface area contributed by atoms with Gasteiger partial charge in [-0.05, 0) is 36.9 Å². The summed E-state index contributed by atoms with van der Waals surface area (Å²) in [4.78, 5) is 5.27. The Bertz CT molecular complexity index is 1170. The molecule has 0 fully saturated rings. The quantitative estimate of drug-likeness (QED) is 0.406. The predicted octanol–water partition coefficient (Wildman–Crippen LogP) is 5.21. The van der Waals surface area contributed by atoms with Crippen molar-refractivity contribution in [1.29, 1.82) is 0 Å². The van der Waals surface area contributed by atoms with E-state index in [0.717, 1.165) is 48.6 Å². The van der Waals surface area contributed by atoms with Crippen molar-refractivity contribution in [1.82, 2.24) is 14.6 Å². The molecular formula is C20H22Cl2N4O2S. The van der Waals surface area contributed by atoms with Gasteiger partial charge in [0.25, 0.3) is 0 Å². The fourth-order valence-corrected chi connectivity index (χ4v) is 5.00. The molecule has 29 heavy (non-hydrogen) atoms. The number of aromatic nitrogens is 3. The molecule has 0 aliphatic rings. The summed E-state index contributed by atoms with van der Waals surface area (Å²) >= 11 is 7.95. The average molecular weight is 453 g/mol. The molecule has 4 rings (SSSR count). The molecular weight excluding hydrogens is 431 g/mol. The molecule has 1 aromatic carbocycles. The maximum Gasteiger partial charge on any atom is 0.152 e. The number of nitrogens with zero attached hydrogens (tertiary/aromatic N) is 3. The van der Waals surface area contributed by atoms with Gasteiger partial charge >= 0.3 is 0 Å². The van der Waals surface area contributed by atoms with E-state index in [1.807, 2.05) is 13.0 Å². The van der Waals surface area contributed by atoms with Gasteiger partial charge in [0, 0.05) is 22.6 Å². The molecule has 0 atom stereocenters. The molecule has 3 heterocycles. The summed E-state index contributed by atoms with van der Waals surface area (Å²) in [5, 5.41) is 5.52. The summed E-state index contributed by atoms with van der Waals surface area (Å²) < 4.78 is 14.2. The van der Waals surface area contributed by atoms with Crippen molar-refractivity contribution in [3.63, 3.8) is 0 Å². The topological polar surface area (TPSA) is 74.7 Å². The number of aryl methyl sites for hydroxylation is 1. The fourth-order valence-electron chi connectivity index (χ4n) is 3.52. The van der Waals surface area contributed by atoms with Gasteiger partial charge in [-0.1, -0.05) is 6.07 Å². The first-order valence-corrected chi connectivity index (χ1v) is 10.3. The second-order valence-electron chi connectivity index (χ2n) is 6.47. The highest BCUT2D eigenvalue weighted by molar-refractivity contribution is 7.22. The molecule has 9 heteroatoms. The van der Waals surface area contributed by atoms with Crippen LogP contribution < -0.4 is 10.5 Å². The lowest BCUT2D eigenvalue weighted by atomic mass is 10.1. The van der Waals surface area contributed by atoms with Crippen molar-refractivity contribution in [2.75, 3.05) is 19.5 Å². The number of rotatable bonds is 6. The molecule has 3 aromatic heterocycles. The molecule has 154 valence electrons. The summed E-state index contributed by atoms with van der Waals surface area (Å²) in [6.45, 7) is 5.07. The molecule has 0 radical (unpaired) electrons. The smallest absolute Gasteiger partial charge is 0.152 e. The van der Waals surface area contributed by atoms with E-state index in [-0.39, 0.29) is 12.4 Å². The molecule has 0 amide bonds. The number of ether oxygens (including phenoxy) is 2. The lowest BCUT2D eigenvalue weighted by molar-refractivity contribution is 0.134. The highest BCUT2D eigenvalue weighted by atomic mass is 35.5. The van der Waals surface area contributed by atoms with Gasteiger partial charge in [-0.3, -0.25) is 0 Å². The Hall–Kier alpha value is -2.06. The van der Waals surface area contributed by atoms with Crippen molar-refractivity contribution in [2.24, 2.45) is 0 Å². The first-order valence-electron chi connectivity index (χ1n) is 8.94. The Morgan fingerprint density at radius 3 is 2.76 bits per heavy atom. The number of hydrogen-bond donors (Lipinski definition) is 1. The number of anilines is 1. The van der Waals surface area contributed by atoms with Crippen molar-refractivity contribution < 1.29 is 9.47 Å². The Morgan fingerprint density at radius 2 is 2.07 bits per heavy atom. The number of methoxy groups -OCH3 is 1. The van der Waals surface area contributed by atoms with Gasteiger partial charge in [0.1, 0.15) is 17.6 Å². The van der Waals surface area contributed by atoms with Crippen molar-refractivity contribution in [3.05, 3.63) is 41.3 Å². The van der Waals surface area contributed by atoms with Gasteiger partial charge in [-0.2, -0.15) is 5.10 Å². The van der Waals surface area contributed by atoms with Gasteiger partial charge in [0.05, 0.1) is 30.0 Å². The normalized spacial score (nSPS) is 11.2. The Kier molecular flexibility index (Phi) is 6.53. The molecule has 0 saturated heterocycles. The molecule has 0 unspecified atom stereocenters. The zero-order valence-corrected chi connectivity index (χ0v) is 18.7. The first kappa shape index (κ1) is 21.6. The monoisotopic (exact) mass is 452 g/mol. The number of benzene rings is 1. The van der Waals surface area contributed by atoms with Crippen LogP contribution in [0.1, 0.15) is 23.7 Å². The SMILES string of the molecule is CCOCc1c(-c2cc3cc(C)cc(OC)c3s2)c2c(N)ncnn2c1CCl.Cl. The minimum atomic E-state index is 0. The van der Waals surface area contributed by atoms with Crippen LogP contribution in [0.25, 0.3) is 26.0 Å². The number of nitrogens with two attached hydrogens (primary N) is 1. The molecule has 0 saturated carbocycles. The van der Waals surface area contributed by atoms with Crippen LogP contribution in [-0.2, 0) is 17.2 Å². The van der Waals surface area contributed by atoms with Crippen LogP contribution in [0, 0.1) is 6.92 Å². The third-order valence-electron chi connectivity index (χ3n) is 4.73. The standard InChI is InChI=1S/C20H21ClN4O2S.ClH/c1-4-27-9-13-14(8-21)25-18(20(22)23-10-24-25)17(13)16-7-12-5-11(2)6-15(26-3)19(12)28-16;/h5-7,10H,4,8-9H2,1-3H3,(H2,22,23,24);1H. The molecule has 0 bridgehead atoms. The van der Waals surface area contributed by atoms with E-state index in [0.29, 0.717) is 24.9 Å². The van der Waals surface area contributed by atoms with E-state index in [4.69, 9.17) is 26.8 Å². The lowest BCUT2D eigenvalue weighted by Crippen LogP contribution is -2.02. The van der Waals surface area contributed by atoms with Crippen LogP contribution in [0.3, 0.4) is 0 Å².